The van der Waals surface area contributed by atoms with Gasteiger partial charge in [-0.2, -0.15) is 8.61 Å². The molecule has 18 heteroatoms. The fraction of sp³-hybridized carbons (Fsp3) is 0.250. The molecule has 2 aliphatic heterocycles. The van der Waals surface area contributed by atoms with Crippen molar-refractivity contribution in [2.24, 2.45) is 0 Å². The second-order valence-electron chi connectivity index (χ2n) is 13.6. The molecule has 58 heavy (non-hydrogen) atoms. The average Bonchev–Trinajstić information content (AvgIpc) is 3.92. The second-order valence-corrected chi connectivity index (χ2v) is 20.8. The van der Waals surface area contributed by atoms with Gasteiger partial charge in [-0.05, 0) is 105 Å². The number of aryl methyl sites for hydroxylation is 2. The van der Waals surface area contributed by atoms with E-state index in [9.17, 15) is 25.6 Å². The van der Waals surface area contributed by atoms with Gasteiger partial charge in [0.15, 0.2) is 21.9 Å². The molecule has 0 N–H and O–H groups in total. The van der Waals surface area contributed by atoms with Gasteiger partial charge in [-0.1, -0.05) is 36.4 Å². The molecule has 2 aliphatic rings. The fourth-order valence-electron chi connectivity index (χ4n) is 6.47. The molecule has 2 saturated heterocycles. The molecular weight excluding hydrogens is 955 g/mol. The predicted molar refractivity (Wildman–Crippen MR) is 235 cm³/mol. The van der Waals surface area contributed by atoms with Crippen molar-refractivity contribution in [3.63, 3.8) is 0 Å². The third-order valence-electron chi connectivity index (χ3n) is 9.93. The Labute approximate surface area is 362 Å². The van der Waals surface area contributed by atoms with E-state index in [2.05, 4.69) is 79.2 Å². The Bertz CT molecular complexity index is 2470. The molecule has 0 radical (unpaired) electrons. The first-order chi connectivity index (χ1) is 27.7. The normalized spacial score (nSPS) is 15.6. The highest BCUT2D eigenvalue weighted by Gasteiger charge is 2.32. The Kier molecular flexibility index (Phi) is 13.1. The maximum atomic E-state index is 13.5. The van der Waals surface area contributed by atoms with Crippen LogP contribution in [0.2, 0.25) is 0 Å². The molecule has 0 bridgehead atoms. The lowest BCUT2D eigenvalue weighted by atomic mass is 10.1. The predicted octanol–water partition coefficient (Wildman–Crippen LogP) is 9.06. The van der Waals surface area contributed by atoms with Crippen molar-refractivity contribution in [3.05, 3.63) is 127 Å². The minimum Gasteiger partial charge on any atom is -0.345 e. The van der Waals surface area contributed by atoms with Gasteiger partial charge in [0.1, 0.15) is 0 Å². The van der Waals surface area contributed by atoms with E-state index < -0.39 is 31.7 Å². The maximum absolute atomic E-state index is 13.5. The number of hydrogen-bond donors (Lipinski definition) is 0. The zero-order valence-electron chi connectivity index (χ0n) is 31.4. The molecular formula is C40H38Br2F2N6O4S4. The van der Waals surface area contributed by atoms with E-state index in [4.69, 9.17) is 4.98 Å². The standard InChI is InChI=1S/C21H22BrN3O2S2.C19H16BrF2N3O2S2/c1-15-7-8-17(13-16(15)2)19-14-28-21(23-19)24-9-11-25(12-10-24)29(26,27)20-6-4-3-5-18(20)22;20-14-3-1-2-4-18(14)29(26,27)25-9-7-24(8-10-25)19-23-17(12-28-19)13-5-6-15(21)16(22)11-13/h3-8,13-14H,9-12H2,1-2H3;1-6,11-12H,7-10H2. The number of thiazole rings is 2. The topological polar surface area (TPSA) is 107 Å². The summed E-state index contributed by atoms with van der Waals surface area (Å²) in [5.41, 5.74) is 5.67. The van der Waals surface area contributed by atoms with Crippen molar-refractivity contribution >= 4 is 84.8 Å². The molecule has 6 aromatic rings. The Morgan fingerprint density at radius 1 is 0.552 bits per heavy atom. The summed E-state index contributed by atoms with van der Waals surface area (Å²) in [6, 6.07) is 23.8. The van der Waals surface area contributed by atoms with Crippen LogP contribution in [-0.2, 0) is 20.0 Å². The number of piperazine rings is 2. The molecule has 304 valence electrons. The highest BCUT2D eigenvalue weighted by atomic mass is 79.9. The molecule has 0 saturated carbocycles. The third kappa shape index (κ3) is 9.23. The van der Waals surface area contributed by atoms with Crippen molar-refractivity contribution in [2.75, 3.05) is 62.2 Å². The zero-order chi connectivity index (χ0) is 41.2. The smallest absolute Gasteiger partial charge is 0.244 e. The lowest BCUT2D eigenvalue weighted by Gasteiger charge is -2.33. The van der Waals surface area contributed by atoms with Gasteiger partial charge in [0, 0.05) is 83.2 Å². The van der Waals surface area contributed by atoms with E-state index >= 15 is 0 Å². The van der Waals surface area contributed by atoms with Crippen LogP contribution in [0.3, 0.4) is 0 Å². The van der Waals surface area contributed by atoms with Gasteiger partial charge in [0.2, 0.25) is 20.0 Å². The first kappa shape index (κ1) is 42.5. The summed E-state index contributed by atoms with van der Waals surface area (Å²) in [5.74, 6) is -1.81. The Hall–Kier alpha value is -3.62. The monoisotopic (exact) mass is 990 g/mol. The van der Waals surface area contributed by atoms with E-state index in [1.807, 2.05) is 11.0 Å². The second kappa shape index (κ2) is 17.9. The summed E-state index contributed by atoms with van der Waals surface area (Å²) in [7, 11) is -7.08. The van der Waals surface area contributed by atoms with Crippen molar-refractivity contribution < 1.29 is 25.6 Å². The number of halogens is 4. The largest absolute Gasteiger partial charge is 0.345 e. The number of hydrogen-bond acceptors (Lipinski definition) is 10. The molecule has 2 fully saturated rings. The molecule has 2 aromatic heterocycles. The SMILES string of the molecule is Cc1ccc(-c2csc(N3CCN(S(=O)(=O)c4ccccc4Br)CC3)n2)cc1C.O=S(=O)(c1ccccc1Br)N1CCN(c2nc(-c3ccc(F)c(F)c3)cs2)CC1. The number of rotatable bonds is 8. The molecule has 0 unspecified atom stereocenters. The van der Waals surface area contributed by atoms with E-state index in [0.29, 0.717) is 77.5 Å². The van der Waals surface area contributed by atoms with E-state index in [1.54, 1.807) is 63.5 Å². The summed E-state index contributed by atoms with van der Waals surface area (Å²) in [5, 5.41) is 5.52. The first-order valence-electron chi connectivity index (χ1n) is 18.2. The fourth-order valence-corrected chi connectivity index (χ4v) is 13.0. The molecule has 0 atom stereocenters. The van der Waals surface area contributed by atoms with Crippen molar-refractivity contribution in [1.82, 2.24) is 18.6 Å². The quantitative estimate of drug-likeness (QED) is 0.149. The zero-order valence-corrected chi connectivity index (χ0v) is 37.8. The van der Waals surface area contributed by atoms with Crippen molar-refractivity contribution in [1.29, 1.82) is 0 Å². The summed E-state index contributed by atoms with van der Waals surface area (Å²) in [6.07, 6.45) is 0. The first-order valence-corrected chi connectivity index (χ1v) is 24.4. The summed E-state index contributed by atoms with van der Waals surface area (Å²) >= 11 is 9.66. The number of anilines is 2. The molecule has 10 nitrogen and oxygen atoms in total. The van der Waals surface area contributed by atoms with Crippen LogP contribution in [-0.4, -0.2) is 87.8 Å². The summed E-state index contributed by atoms with van der Waals surface area (Å²) in [6.45, 7) is 8.03. The van der Waals surface area contributed by atoms with Gasteiger partial charge in [-0.25, -0.2) is 35.6 Å². The van der Waals surface area contributed by atoms with Crippen LogP contribution < -0.4 is 9.80 Å². The van der Waals surface area contributed by atoms with Crippen molar-refractivity contribution in [2.45, 2.75) is 23.6 Å². The van der Waals surface area contributed by atoms with Gasteiger partial charge in [0.05, 0.1) is 21.2 Å². The molecule has 0 spiro atoms. The highest BCUT2D eigenvalue weighted by Crippen LogP contribution is 2.33. The van der Waals surface area contributed by atoms with E-state index in [0.717, 1.165) is 33.7 Å². The van der Waals surface area contributed by atoms with Gasteiger partial charge >= 0.3 is 0 Å². The number of aromatic nitrogens is 2. The van der Waals surface area contributed by atoms with E-state index in [-0.39, 0.29) is 4.90 Å². The van der Waals surface area contributed by atoms with Gasteiger partial charge in [0.25, 0.3) is 0 Å². The minimum atomic E-state index is -3.58. The van der Waals surface area contributed by atoms with Crippen LogP contribution in [0.5, 0.6) is 0 Å². The Morgan fingerprint density at radius 3 is 1.41 bits per heavy atom. The molecule has 4 aromatic carbocycles. The minimum absolute atomic E-state index is 0.253. The van der Waals surface area contributed by atoms with Crippen LogP contribution in [0, 0.1) is 25.5 Å². The summed E-state index contributed by atoms with van der Waals surface area (Å²) < 4.78 is 82.5. The van der Waals surface area contributed by atoms with Crippen LogP contribution >= 0.6 is 54.5 Å². The summed E-state index contributed by atoms with van der Waals surface area (Å²) in [4.78, 5) is 14.1. The highest BCUT2D eigenvalue weighted by molar-refractivity contribution is 9.10. The molecule has 8 rings (SSSR count). The average molecular weight is 993 g/mol. The number of sulfonamides is 2. The van der Waals surface area contributed by atoms with Gasteiger partial charge < -0.3 is 9.80 Å². The van der Waals surface area contributed by atoms with Crippen molar-refractivity contribution in [3.8, 4) is 22.5 Å². The van der Waals surface area contributed by atoms with Gasteiger partial charge in [-0.15, -0.1) is 22.7 Å². The third-order valence-corrected chi connectivity index (χ3v) is 17.6. The Morgan fingerprint density at radius 2 is 0.983 bits per heavy atom. The van der Waals surface area contributed by atoms with Crippen LogP contribution in [0.1, 0.15) is 11.1 Å². The van der Waals surface area contributed by atoms with E-state index in [1.165, 1.54) is 32.8 Å². The van der Waals surface area contributed by atoms with Gasteiger partial charge in [-0.3, -0.25) is 0 Å². The molecule has 0 aliphatic carbocycles. The van der Waals surface area contributed by atoms with Crippen LogP contribution in [0.15, 0.2) is 114 Å². The lowest BCUT2D eigenvalue weighted by molar-refractivity contribution is 0.384. The Balaban J connectivity index is 0.000000177. The maximum Gasteiger partial charge on any atom is 0.244 e. The number of nitrogens with zero attached hydrogens (tertiary/aromatic N) is 6. The molecule has 0 amide bonds. The number of benzene rings is 4. The lowest BCUT2D eigenvalue weighted by Crippen LogP contribution is -2.48. The molecule has 4 heterocycles. The van der Waals surface area contributed by atoms with Crippen LogP contribution in [0.4, 0.5) is 19.0 Å². The van der Waals surface area contributed by atoms with Crippen LogP contribution in [0.25, 0.3) is 22.5 Å².